The van der Waals surface area contributed by atoms with Crippen molar-refractivity contribution < 1.29 is 18.0 Å². The standard InChI is InChI=1S/C19H13ClF3N3O2/c1-11-10-16(27)17(25-26(11)15-8-4-13(20)5-9-15)18(28)24-14-6-2-12(3-7-14)19(21,22)23/h2-10H,1H3,(H,24,28). The first kappa shape index (κ1) is 19.6. The Hall–Kier alpha value is -3.13. The lowest BCUT2D eigenvalue weighted by Crippen LogP contribution is -2.26. The van der Waals surface area contributed by atoms with Crippen molar-refractivity contribution >= 4 is 23.2 Å². The van der Waals surface area contributed by atoms with Gasteiger partial charge in [-0.3, -0.25) is 9.59 Å². The van der Waals surface area contributed by atoms with Crippen LogP contribution in [0.5, 0.6) is 0 Å². The number of nitrogens with zero attached hydrogens (tertiary/aromatic N) is 2. The molecule has 0 unspecified atom stereocenters. The highest BCUT2D eigenvalue weighted by atomic mass is 35.5. The molecule has 1 N–H and O–H groups in total. The molecule has 1 aromatic heterocycles. The van der Waals surface area contributed by atoms with Crippen LogP contribution in [0.4, 0.5) is 18.9 Å². The first-order valence-corrected chi connectivity index (χ1v) is 8.38. The molecule has 0 aliphatic carbocycles. The van der Waals surface area contributed by atoms with E-state index in [1.807, 2.05) is 0 Å². The number of hydrogen-bond acceptors (Lipinski definition) is 3. The second-order valence-electron chi connectivity index (χ2n) is 5.92. The van der Waals surface area contributed by atoms with Gasteiger partial charge in [0.05, 0.1) is 11.3 Å². The topological polar surface area (TPSA) is 64.0 Å². The Morgan fingerprint density at radius 1 is 1.07 bits per heavy atom. The van der Waals surface area contributed by atoms with E-state index in [0.29, 0.717) is 16.4 Å². The number of halogens is 4. The molecule has 2 aromatic carbocycles. The van der Waals surface area contributed by atoms with Crippen LogP contribution < -0.4 is 10.7 Å². The third-order valence-electron chi connectivity index (χ3n) is 3.86. The monoisotopic (exact) mass is 407 g/mol. The highest BCUT2D eigenvalue weighted by Gasteiger charge is 2.30. The van der Waals surface area contributed by atoms with E-state index in [2.05, 4.69) is 10.4 Å². The highest BCUT2D eigenvalue weighted by molar-refractivity contribution is 6.30. The molecule has 3 aromatic rings. The molecule has 1 amide bonds. The third-order valence-corrected chi connectivity index (χ3v) is 4.12. The first-order chi connectivity index (χ1) is 13.1. The van der Waals surface area contributed by atoms with Gasteiger partial charge in [0.1, 0.15) is 0 Å². The molecule has 1 heterocycles. The summed E-state index contributed by atoms with van der Waals surface area (Å²) in [6.45, 7) is 1.65. The van der Waals surface area contributed by atoms with Crippen LogP contribution in [0.2, 0.25) is 5.02 Å². The van der Waals surface area contributed by atoms with Gasteiger partial charge in [0, 0.05) is 22.5 Å². The highest BCUT2D eigenvalue weighted by Crippen LogP contribution is 2.29. The number of hydrogen-bond donors (Lipinski definition) is 1. The summed E-state index contributed by atoms with van der Waals surface area (Å²) >= 11 is 5.86. The fourth-order valence-electron chi connectivity index (χ4n) is 2.48. The first-order valence-electron chi connectivity index (χ1n) is 8.01. The minimum Gasteiger partial charge on any atom is -0.320 e. The zero-order chi connectivity index (χ0) is 20.5. The van der Waals surface area contributed by atoms with Crippen LogP contribution in [0.25, 0.3) is 5.69 Å². The molecule has 0 aliphatic heterocycles. The Kier molecular flexibility index (Phi) is 5.24. The van der Waals surface area contributed by atoms with E-state index in [-0.39, 0.29) is 11.4 Å². The molecule has 0 spiro atoms. The second-order valence-corrected chi connectivity index (χ2v) is 6.35. The fourth-order valence-corrected chi connectivity index (χ4v) is 2.61. The predicted molar refractivity (Wildman–Crippen MR) is 99.0 cm³/mol. The van der Waals surface area contributed by atoms with Crippen LogP contribution in [0, 0.1) is 6.92 Å². The number of rotatable bonds is 3. The third kappa shape index (κ3) is 4.23. The van der Waals surface area contributed by atoms with Gasteiger partial charge >= 0.3 is 6.18 Å². The van der Waals surface area contributed by atoms with Gasteiger partial charge in [0.15, 0.2) is 5.69 Å². The molecule has 3 rings (SSSR count). The van der Waals surface area contributed by atoms with Crippen LogP contribution >= 0.6 is 11.6 Å². The number of carbonyl (C=O) groups is 1. The van der Waals surface area contributed by atoms with Crippen molar-refractivity contribution in [3.05, 3.63) is 86.8 Å². The van der Waals surface area contributed by atoms with Crippen LogP contribution in [0.1, 0.15) is 21.7 Å². The molecule has 5 nitrogen and oxygen atoms in total. The predicted octanol–water partition coefficient (Wildman–Crippen LogP) is 4.47. The van der Waals surface area contributed by atoms with Crippen LogP contribution in [-0.4, -0.2) is 15.7 Å². The SMILES string of the molecule is Cc1cc(=O)c(C(=O)Nc2ccc(C(F)(F)F)cc2)nn1-c1ccc(Cl)cc1. The number of carbonyl (C=O) groups excluding carboxylic acids is 1. The Balaban J connectivity index is 1.90. The second kappa shape index (κ2) is 7.47. The van der Waals surface area contributed by atoms with Gasteiger partial charge in [-0.15, -0.1) is 0 Å². The van der Waals surface area contributed by atoms with Gasteiger partial charge in [-0.05, 0) is 55.5 Å². The molecular formula is C19H13ClF3N3O2. The van der Waals surface area contributed by atoms with E-state index in [1.54, 1.807) is 31.2 Å². The maximum absolute atomic E-state index is 12.6. The minimum atomic E-state index is -4.48. The number of amides is 1. The van der Waals surface area contributed by atoms with Crippen molar-refractivity contribution in [2.24, 2.45) is 0 Å². The Bertz CT molecular complexity index is 1080. The fraction of sp³-hybridized carbons (Fsp3) is 0.105. The molecular weight excluding hydrogens is 395 g/mol. The van der Waals surface area contributed by atoms with Gasteiger partial charge < -0.3 is 5.32 Å². The van der Waals surface area contributed by atoms with Crippen LogP contribution in [-0.2, 0) is 6.18 Å². The van der Waals surface area contributed by atoms with E-state index in [1.165, 1.54) is 10.7 Å². The number of aromatic nitrogens is 2. The Morgan fingerprint density at radius 2 is 1.68 bits per heavy atom. The minimum absolute atomic E-state index is 0.109. The summed E-state index contributed by atoms with van der Waals surface area (Å²) < 4.78 is 39.3. The molecule has 0 atom stereocenters. The summed E-state index contributed by atoms with van der Waals surface area (Å²) in [6.07, 6.45) is -4.48. The molecule has 28 heavy (non-hydrogen) atoms. The molecule has 0 aliphatic rings. The summed E-state index contributed by atoms with van der Waals surface area (Å²) in [5.74, 6) is -0.826. The number of anilines is 1. The number of aryl methyl sites for hydroxylation is 1. The number of nitrogens with one attached hydrogen (secondary N) is 1. The van der Waals surface area contributed by atoms with E-state index in [4.69, 9.17) is 11.6 Å². The summed E-state index contributed by atoms with van der Waals surface area (Å²) in [6, 6.07) is 11.8. The lowest BCUT2D eigenvalue weighted by atomic mass is 10.2. The largest absolute Gasteiger partial charge is 0.416 e. The zero-order valence-corrected chi connectivity index (χ0v) is 15.2. The smallest absolute Gasteiger partial charge is 0.320 e. The molecule has 0 bridgehead atoms. The molecule has 0 saturated heterocycles. The maximum Gasteiger partial charge on any atom is 0.416 e. The summed E-state index contributed by atoms with van der Waals surface area (Å²) in [4.78, 5) is 24.6. The van der Waals surface area contributed by atoms with Gasteiger partial charge in [0.2, 0.25) is 5.43 Å². The quantitative estimate of drug-likeness (QED) is 0.697. The molecule has 0 radical (unpaired) electrons. The van der Waals surface area contributed by atoms with E-state index < -0.39 is 23.1 Å². The van der Waals surface area contributed by atoms with E-state index in [9.17, 15) is 22.8 Å². The average Bonchev–Trinajstić information content (AvgIpc) is 2.62. The molecule has 0 saturated carbocycles. The maximum atomic E-state index is 12.6. The molecule has 0 fully saturated rings. The summed E-state index contributed by atoms with van der Waals surface area (Å²) in [7, 11) is 0. The normalized spacial score (nSPS) is 11.3. The lowest BCUT2D eigenvalue weighted by Gasteiger charge is -2.12. The van der Waals surface area contributed by atoms with E-state index in [0.717, 1.165) is 24.3 Å². The van der Waals surface area contributed by atoms with Gasteiger partial charge in [-0.2, -0.15) is 18.3 Å². The number of benzene rings is 2. The lowest BCUT2D eigenvalue weighted by molar-refractivity contribution is -0.137. The van der Waals surface area contributed by atoms with Crippen molar-refractivity contribution in [2.75, 3.05) is 5.32 Å². The average molecular weight is 408 g/mol. The summed E-state index contributed by atoms with van der Waals surface area (Å²) in [5.41, 5.74) is -0.640. The number of alkyl halides is 3. The molecule has 144 valence electrons. The van der Waals surface area contributed by atoms with Crippen molar-refractivity contribution in [3.63, 3.8) is 0 Å². The van der Waals surface area contributed by atoms with Crippen molar-refractivity contribution in [2.45, 2.75) is 13.1 Å². The Morgan fingerprint density at radius 3 is 2.25 bits per heavy atom. The van der Waals surface area contributed by atoms with E-state index >= 15 is 0 Å². The van der Waals surface area contributed by atoms with Gasteiger partial charge in [0.25, 0.3) is 5.91 Å². The van der Waals surface area contributed by atoms with Gasteiger partial charge in [-0.1, -0.05) is 11.6 Å². The van der Waals surface area contributed by atoms with Crippen molar-refractivity contribution in [1.29, 1.82) is 0 Å². The van der Waals surface area contributed by atoms with Crippen molar-refractivity contribution in [3.8, 4) is 5.69 Å². The summed E-state index contributed by atoms with van der Waals surface area (Å²) in [5, 5.41) is 6.99. The van der Waals surface area contributed by atoms with Gasteiger partial charge in [-0.25, -0.2) is 4.68 Å². The van der Waals surface area contributed by atoms with Crippen LogP contribution in [0.15, 0.2) is 59.4 Å². The zero-order valence-electron chi connectivity index (χ0n) is 14.4. The van der Waals surface area contributed by atoms with Crippen molar-refractivity contribution in [1.82, 2.24) is 9.78 Å². The Labute approximate surface area is 162 Å². The molecule has 9 heteroatoms. The van der Waals surface area contributed by atoms with Crippen LogP contribution in [0.3, 0.4) is 0 Å².